The fraction of sp³-hybridized carbons (Fsp3) is 0.375. The lowest BCUT2D eigenvalue weighted by molar-refractivity contribution is -0.138. The molecule has 6 heteroatoms. The minimum absolute atomic E-state index is 0.0105. The van der Waals surface area contributed by atoms with E-state index in [1.165, 1.54) is 19.8 Å². The Morgan fingerprint density at radius 3 is 2.55 bits per heavy atom. The van der Waals surface area contributed by atoms with Crippen LogP contribution in [0.15, 0.2) is 34.4 Å². The van der Waals surface area contributed by atoms with Gasteiger partial charge in [0.2, 0.25) is 0 Å². The van der Waals surface area contributed by atoms with Crippen LogP contribution in [-0.4, -0.2) is 26.2 Å². The predicted octanol–water partition coefficient (Wildman–Crippen LogP) is 3.43. The van der Waals surface area contributed by atoms with Crippen LogP contribution >= 0.6 is 15.9 Å². The Kier molecular flexibility index (Phi) is 7.66. The molecule has 0 aliphatic heterocycles. The quantitative estimate of drug-likeness (QED) is 0.589. The van der Waals surface area contributed by atoms with Crippen LogP contribution in [0.25, 0.3) is 0 Å². The van der Waals surface area contributed by atoms with Crippen LogP contribution in [-0.2, 0) is 25.5 Å². The zero-order valence-corrected chi connectivity index (χ0v) is 14.5. The summed E-state index contributed by atoms with van der Waals surface area (Å²) >= 11 is 3.46. The summed E-state index contributed by atoms with van der Waals surface area (Å²) in [7, 11) is 2.49. The molecule has 1 aromatic carbocycles. The Labute approximate surface area is 138 Å². The maximum Gasteiger partial charge on any atom is 0.354 e. The highest BCUT2D eigenvalue weighted by molar-refractivity contribution is 9.10. The van der Waals surface area contributed by atoms with Gasteiger partial charge in [0.15, 0.2) is 0 Å². The highest BCUT2D eigenvalue weighted by Gasteiger charge is 2.14. The van der Waals surface area contributed by atoms with Gasteiger partial charge in [-0.2, -0.15) is 0 Å². The minimum atomic E-state index is -0.646. The van der Waals surface area contributed by atoms with Crippen molar-refractivity contribution in [3.05, 3.63) is 40.0 Å². The van der Waals surface area contributed by atoms with E-state index in [-0.39, 0.29) is 5.70 Å². The number of ether oxygens (including phenoxy) is 2. The van der Waals surface area contributed by atoms with Crippen molar-refractivity contribution < 1.29 is 19.1 Å². The fourth-order valence-corrected chi connectivity index (χ4v) is 2.30. The van der Waals surface area contributed by atoms with E-state index in [9.17, 15) is 9.59 Å². The zero-order valence-electron chi connectivity index (χ0n) is 12.9. The van der Waals surface area contributed by atoms with Gasteiger partial charge in [0.1, 0.15) is 5.70 Å². The molecule has 5 nitrogen and oxygen atoms in total. The number of hydrogen-bond donors (Lipinski definition) is 1. The Morgan fingerprint density at radius 1 is 1.27 bits per heavy atom. The Hall–Kier alpha value is -1.82. The van der Waals surface area contributed by atoms with Crippen LogP contribution in [0.1, 0.15) is 25.3 Å². The molecule has 1 N–H and O–H groups in total. The van der Waals surface area contributed by atoms with E-state index in [4.69, 9.17) is 0 Å². The standard InChI is InChI=1S/C16H20BrNO4/c1-4-5-6-11-7-8-13(12(17)9-11)18-14(16(20)22-3)10-15(19)21-2/h7-10,18H,4-6H2,1-3H3/b14-10+. The first-order chi connectivity index (χ1) is 10.5. The van der Waals surface area contributed by atoms with Gasteiger partial charge in [0.25, 0.3) is 0 Å². The number of halogens is 1. The zero-order chi connectivity index (χ0) is 16.5. The summed E-state index contributed by atoms with van der Waals surface area (Å²) in [6, 6.07) is 5.82. The number of benzene rings is 1. The third-order valence-corrected chi connectivity index (χ3v) is 3.65. The van der Waals surface area contributed by atoms with E-state index in [0.29, 0.717) is 5.69 Å². The number of rotatable bonds is 7. The largest absolute Gasteiger partial charge is 0.466 e. The molecule has 0 aliphatic carbocycles. The highest BCUT2D eigenvalue weighted by Crippen LogP contribution is 2.26. The van der Waals surface area contributed by atoms with Crippen molar-refractivity contribution in [1.29, 1.82) is 0 Å². The van der Waals surface area contributed by atoms with Crippen LogP contribution in [0.4, 0.5) is 5.69 Å². The molecule has 0 aromatic heterocycles. The van der Waals surface area contributed by atoms with Crippen molar-refractivity contribution in [2.75, 3.05) is 19.5 Å². The molecular weight excluding hydrogens is 350 g/mol. The van der Waals surface area contributed by atoms with Gasteiger partial charge < -0.3 is 14.8 Å². The van der Waals surface area contributed by atoms with Gasteiger partial charge in [-0.25, -0.2) is 9.59 Å². The number of esters is 2. The Balaban J connectivity index is 2.96. The molecule has 1 aromatic rings. The summed E-state index contributed by atoms with van der Waals surface area (Å²) in [5.41, 5.74) is 1.88. The SMILES string of the molecule is CCCCc1ccc(N/C(=C/C(=O)OC)C(=O)OC)c(Br)c1. The average molecular weight is 370 g/mol. The molecule has 0 atom stereocenters. The maximum atomic E-state index is 11.7. The molecule has 1 rings (SSSR count). The first-order valence-corrected chi connectivity index (χ1v) is 7.74. The fourth-order valence-electron chi connectivity index (χ4n) is 1.77. The second-order valence-electron chi connectivity index (χ2n) is 4.62. The molecule has 0 fully saturated rings. The van der Waals surface area contributed by atoms with Crippen molar-refractivity contribution in [3.8, 4) is 0 Å². The van der Waals surface area contributed by atoms with Gasteiger partial charge in [0, 0.05) is 4.47 Å². The summed E-state index contributed by atoms with van der Waals surface area (Å²) in [6.07, 6.45) is 4.31. The van der Waals surface area contributed by atoms with Crippen LogP contribution in [0.5, 0.6) is 0 Å². The molecule has 0 amide bonds. The van der Waals surface area contributed by atoms with Crippen LogP contribution < -0.4 is 5.32 Å². The van der Waals surface area contributed by atoms with E-state index < -0.39 is 11.9 Å². The Bertz CT molecular complexity index is 569. The molecule has 0 saturated heterocycles. The molecule has 0 heterocycles. The number of carbonyl (C=O) groups excluding carboxylic acids is 2. The number of hydrogen-bond acceptors (Lipinski definition) is 5. The predicted molar refractivity (Wildman–Crippen MR) is 88.5 cm³/mol. The van der Waals surface area contributed by atoms with Crippen LogP contribution in [0, 0.1) is 0 Å². The molecule has 120 valence electrons. The second kappa shape index (κ2) is 9.25. The van der Waals surface area contributed by atoms with E-state index in [0.717, 1.165) is 29.8 Å². The van der Waals surface area contributed by atoms with Gasteiger partial charge in [-0.3, -0.25) is 0 Å². The van der Waals surface area contributed by atoms with Crippen LogP contribution in [0.3, 0.4) is 0 Å². The summed E-state index contributed by atoms with van der Waals surface area (Å²) in [5.74, 6) is -1.28. The number of unbranched alkanes of at least 4 members (excludes halogenated alkanes) is 1. The van der Waals surface area contributed by atoms with Crippen molar-refractivity contribution in [2.45, 2.75) is 26.2 Å². The molecular formula is C16H20BrNO4. The van der Waals surface area contributed by atoms with Crippen molar-refractivity contribution in [1.82, 2.24) is 0 Å². The third kappa shape index (κ3) is 5.52. The lowest BCUT2D eigenvalue weighted by atomic mass is 10.1. The van der Waals surface area contributed by atoms with Gasteiger partial charge in [-0.1, -0.05) is 19.4 Å². The highest BCUT2D eigenvalue weighted by atomic mass is 79.9. The maximum absolute atomic E-state index is 11.7. The molecule has 0 unspecified atom stereocenters. The average Bonchev–Trinajstić information content (AvgIpc) is 2.53. The number of anilines is 1. The minimum Gasteiger partial charge on any atom is -0.466 e. The number of nitrogens with one attached hydrogen (secondary N) is 1. The molecule has 22 heavy (non-hydrogen) atoms. The van der Waals surface area contributed by atoms with Crippen molar-refractivity contribution in [3.63, 3.8) is 0 Å². The van der Waals surface area contributed by atoms with Gasteiger partial charge in [-0.05, 0) is 46.5 Å². The lowest BCUT2D eigenvalue weighted by Gasteiger charge is -2.12. The van der Waals surface area contributed by atoms with Gasteiger partial charge in [0.05, 0.1) is 26.0 Å². The summed E-state index contributed by atoms with van der Waals surface area (Å²) in [4.78, 5) is 23.0. The molecule has 0 radical (unpaired) electrons. The third-order valence-electron chi connectivity index (χ3n) is 2.99. The van der Waals surface area contributed by atoms with E-state index in [1.54, 1.807) is 0 Å². The number of methoxy groups -OCH3 is 2. The van der Waals surface area contributed by atoms with Gasteiger partial charge >= 0.3 is 11.9 Å². The second-order valence-corrected chi connectivity index (χ2v) is 5.47. The monoisotopic (exact) mass is 369 g/mol. The lowest BCUT2D eigenvalue weighted by Crippen LogP contribution is -2.15. The van der Waals surface area contributed by atoms with Gasteiger partial charge in [-0.15, -0.1) is 0 Å². The van der Waals surface area contributed by atoms with E-state index >= 15 is 0 Å². The molecule has 0 bridgehead atoms. The number of carbonyl (C=O) groups is 2. The van der Waals surface area contributed by atoms with Crippen molar-refractivity contribution >= 4 is 33.6 Å². The van der Waals surface area contributed by atoms with Crippen LogP contribution in [0.2, 0.25) is 0 Å². The van der Waals surface area contributed by atoms with E-state index in [1.807, 2.05) is 18.2 Å². The summed E-state index contributed by atoms with van der Waals surface area (Å²) in [6.45, 7) is 2.14. The molecule has 0 saturated carbocycles. The normalized spacial score (nSPS) is 11.0. The Morgan fingerprint density at radius 2 is 2.00 bits per heavy atom. The number of aryl methyl sites for hydroxylation is 1. The smallest absolute Gasteiger partial charge is 0.354 e. The molecule has 0 aliphatic rings. The molecule has 0 spiro atoms. The van der Waals surface area contributed by atoms with E-state index in [2.05, 4.69) is 37.6 Å². The first-order valence-electron chi connectivity index (χ1n) is 6.95. The summed E-state index contributed by atoms with van der Waals surface area (Å²) in [5, 5.41) is 2.89. The first kappa shape index (κ1) is 18.2. The topological polar surface area (TPSA) is 64.6 Å². The van der Waals surface area contributed by atoms with Crippen molar-refractivity contribution in [2.24, 2.45) is 0 Å². The summed E-state index contributed by atoms with van der Waals surface area (Å²) < 4.78 is 9.99.